The topological polar surface area (TPSA) is 82.8 Å². The SMILES string of the molecule is O=[SH+]([O-])c1ccc(-c2cnn3cc(-c4ccc(OC5(CN6CCCCC6)CC5)cc4)cnc23)c2ccccc12. The molecule has 39 heavy (non-hydrogen) atoms. The number of fused-ring (bicyclic) bond motifs is 2. The van der Waals surface area contributed by atoms with Crippen molar-refractivity contribution in [2.24, 2.45) is 0 Å². The van der Waals surface area contributed by atoms with Crippen LogP contribution in [0.25, 0.3) is 38.7 Å². The highest BCUT2D eigenvalue weighted by Crippen LogP contribution is 2.42. The third-order valence-electron chi connectivity index (χ3n) is 8.03. The van der Waals surface area contributed by atoms with Gasteiger partial charge in [0.1, 0.15) is 11.4 Å². The van der Waals surface area contributed by atoms with E-state index >= 15 is 0 Å². The molecule has 3 heterocycles. The average molecular weight is 539 g/mol. The Labute approximate surface area is 229 Å². The first-order valence-electron chi connectivity index (χ1n) is 13.6. The number of ether oxygens (including phenoxy) is 1. The molecule has 5 aromatic rings. The minimum atomic E-state index is -2.69. The van der Waals surface area contributed by atoms with Gasteiger partial charge in [0.2, 0.25) is 0 Å². The average Bonchev–Trinajstić information content (AvgIpc) is 3.58. The molecule has 3 aromatic carbocycles. The highest BCUT2D eigenvalue weighted by Gasteiger charge is 2.46. The van der Waals surface area contributed by atoms with E-state index in [0.717, 1.165) is 58.4 Å². The Kier molecular flexibility index (Phi) is 6.18. The van der Waals surface area contributed by atoms with Crippen LogP contribution in [0.1, 0.15) is 32.1 Å². The number of aromatic nitrogens is 3. The lowest BCUT2D eigenvalue weighted by molar-refractivity contribution is 0.101. The van der Waals surface area contributed by atoms with Crippen molar-refractivity contribution in [3.05, 3.63) is 79.3 Å². The number of rotatable bonds is 7. The highest BCUT2D eigenvalue weighted by atomic mass is 32.2. The number of likely N-dealkylation sites (tertiary alicyclic amines) is 1. The quantitative estimate of drug-likeness (QED) is 0.192. The largest absolute Gasteiger partial charge is 0.612 e. The van der Waals surface area contributed by atoms with Gasteiger partial charge in [0.15, 0.2) is 10.5 Å². The van der Waals surface area contributed by atoms with Gasteiger partial charge >= 0.3 is 0 Å². The zero-order valence-corrected chi connectivity index (χ0v) is 22.5. The molecule has 8 heteroatoms. The Morgan fingerprint density at radius 2 is 1.64 bits per heavy atom. The zero-order valence-electron chi connectivity index (χ0n) is 21.6. The molecule has 2 aliphatic rings. The van der Waals surface area contributed by atoms with Gasteiger partial charge in [0.25, 0.3) is 0 Å². The van der Waals surface area contributed by atoms with Crippen LogP contribution in [0.2, 0.25) is 0 Å². The molecule has 198 valence electrons. The second kappa shape index (κ2) is 9.86. The fourth-order valence-corrected chi connectivity index (χ4v) is 6.40. The molecule has 1 unspecified atom stereocenters. The maximum Gasteiger partial charge on any atom is 0.162 e. The lowest BCUT2D eigenvalue weighted by Gasteiger charge is -2.30. The van der Waals surface area contributed by atoms with Gasteiger partial charge in [-0.3, -0.25) is 4.90 Å². The molecule has 7 rings (SSSR count). The second-order valence-corrected chi connectivity index (χ2v) is 11.7. The Balaban J connectivity index is 1.14. The van der Waals surface area contributed by atoms with Gasteiger partial charge in [0.05, 0.1) is 17.3 Å². The molecule has 2 aromatic heterocycles. The van der Waals surface area contributed by atoms with Gasteiger partial charge < -0.3 is 9.29 Å². The van der Waals surface area contributed by atoms with Crippen LogP contribution in [0, 0.1) is 0 Å². The van der Waals surface area contributed by atoms with Crippen molar-refractivity contribution >= 4 is 27.5 Å². The molecule has 1 aliphatic carbocycles. The Morgan fingerprint density at radius 3 is 2.38 bits per heavy atom. The lowest BCUT2D eigenvalue weighted by Crippen LogP contribution is -2.40. The molecule has 0 radical (unpaired) electrons. The lowest BCUT2D eigenvalue weighted by atomic mass is 10.00. The third kappa shape index (κ3) is 4.73. The predicted molar refractivity (Wildman–Crippen MR) is 153 cm³/mol. The van der Waals surface area contributed by atoms with E-state index in [1.807, 2.05) is 42.7 Å². The van der Waals surface area contributed by atoms with Crippen LogP contribution < -0.4 is 4.74 Å². The molecule has 7 nitrogen and oxygen atoms in total. The van der Waals surface area contributed by atoms with Crippen molar-refractivity contribution in [1.29, 1.82) is 0 Å². The summed E-state index contributed by atoms with van der Waals surface area (Å²) in [5.74, 6) is 0.916. The van der Waals surface area contributed by atoms with Crippen molar-refractivity contribution in [3.63, 3.8) is 0 Å². The van der Waals surface area contributed by atoms with Crippen LogP contribution in [0.3, 0.4) is 0 Å². The number of benzene rings is 3. The normalized spacial score (nSPS) is 17.9. The number of hydrogen-bond acceptors (Lipinski definition) is 6. The van der Waals surface area contributed by atoms with E-state index in [2.05, 4.69) is 34.3 Å². The van der Waals surface area contributed by atoms with E-state index in [9.17, 15) is 8.76 Å². The maximum atomic E-state index is 11.8. The number of piperidine rings is 1. The van der Waals surface area contributed by atoms with E-state index in [1.165, 1.54) is 32.4 Å². The van der Waals surface area contributed by atoms with Crippen LogP contribution in [-0.2, 0) is 15.3 Å². The molecular weight excluding hydrogens is 508 g/mol. The van der Waals surface area contributed by atoms with Gasteiger partial charge in [0, 0.05) is 35.5 Å². The molecule has 1 aliphatic heterocycles. The van der Waals surface area contributed by atoms with Gasteiger partial charge in [-0.1, -0.05) is 36.8 Å². The van der Waals surface area contributed by atoms with E-state index in [-0.39, 0.29) is 5.60 Å². The van der Waals surface area contributed by atoms with Gasteiger partial charge in [-0.15, -0.1) is 4.21 Å². The van der Waals surface area contributed by atoms with Crippen LogP contribution in [0.15, 0.2) is 84.1 Å². The molecule has 0 amide bonds. The number of hydrogen-bond donors (Lipinski definition) is 0. The van der Waals surface area contributed by atoms with Crippen LogP contribution in [-0.4, -0.2) is 49.3 Å². The summed E-state index contributed by atoms with van der Waals surface area (Å²) in [4.78, 5) is 7.64. The second-order valence-electron chi connectivity index (χ2n) is 10.8. The summed E-state index contributed by atoms with van der Waals surface area (Å²) >= 11 is -2.69. The monoisotopic (exact) mass is 538 g/mol. The molecule has 1 saturated heterocycles. The van der Waals surface area contributed by atoms with Crippen molar-refractivity contribution in [1.82, 2.24) is 19.5 Å². The van der Waals surface area contributed by atoms with E-state index in [1.54, 1.807) is 16.8 Å². The minimum Gasteiger partial charge on any atom is -0.612 e. The summed E-state index contributed by atoms with van der Waals surface area (Å²) in [6.07, 6.45) is 11.8. The highest BCUT2D eigenvalue weighted by molar-refractivity contribution is 7.79. The molecule has 0 N–H and O–H groups in total. The Morgan fingerprint density at radius 1 is 0.872 bits per heavy atom. The van der Waals surface area contributed by atoms with Gasteiger partial charge in [-0.2, -0.15) is 5.10 Å². The van der Waals surface area contributed by atoms with Crippen LogP contribution in [0.5, 0.6) is 5.75 Å². The Bertz CT molecular complexity index is 1690. The summed E-state index contributed by atoms with van der Waals surface area (Å²) in [6.45, 7) is 3.42. The standard InChI is InChI=1S/C31H30N4O3S/c36-39(37)29-13-12-26(25-6-2-3-7-27(25)29)28-19-33-35-20-23(18-32-30(28)35)22-8-10-24(11-9-22)38-31(14-15-31)21-34-16-4-1-5-17-34/h2-3,6-13,18-20,39H,1,4-5,14-17,21H2. The third-order valence-corrected chi connectivity index (χ3v) is 8.82. The predicted octanol–water partition coefficient (Wildman–Crippen LogP) is 5.80. The summed E-state index contributed by atoms with van der Waals surface area (Å²) in [5, 5.41) is 6.14. The first-order valence-corrected chi connectivity index (χ1v) is 14.8. The molecule has 1 atom stereocenters. The fourth-order valence-electron chi connectivity index (χ4n) is 5.81. The summed E-state index contributed by atoms with van der Waals surface area (Å²) in [7, 11) is 0. The zero-order chi connectivity index (χ0) is 26.4. The first-order chi connectivity index (χ1) is 19.1. The smallest absolute Gasteiger partial charge is 0.162 e. The molecule has 0 bridgehead atoms. The van der Waals surface area contributed by atoms with Crippen molar-refractivity contribution in [3.8, 4) is 28.0 Å². The molecular formula is C31H30N4O3S. The number of nitrogens with zero attached hydrogens (tertiary/aromatic N) is 4. The molecule has 2 fully saturated rings. The van der Waals surface area contributed by atoms with E-state index in [0.29, 0.717) is 10.3 Å². The van der Waals surface area contributed by atoms with E-state index in [4.69, 9.17) is 9.72 Å². The van der Waals surface area contributed by atoms with Gasteiger partial charge in [-0.05, 0) is 85.6 Å². The minimum absolute atomic E-state index is 0.0174. The summed E-state index contributed by atoms with van der Waals surface area (Å²) in [6, 6.07) is 19.3. The van der Waals surface area contributed by atoms with Crippen molar-refractivity contribution in [2.45, 2.75) is 42.6 Å². The summed E-state index contributed by atoms with van der Waals surface area (Å²) < 4.78 is 31.8. The van der Waals surface area contributed by atoms with Crippen LogP contribution >= 0.6 is 0 Å². The Hall–Kier alpha value is -3.59. The van der Waals surface area contributed by atoms with Crippen molar-refractivity contribution in [2.75, 3.05) is 19.6 Å². The first kappa shape index (κ1) is 24.5. The molecule has 1 saturated carbocycles. The summed E-state index contributed by atoms with van der Waals surface area (Å²) in [5.41, 5.74) is 4.47. The fraction of sp³-hybridized carbons (Fsp3) is 0.290. The maximum absolute atomic E-state index is 11.8. The van der Waals surface area contributed by atoms with E-state index < -0.39 is 11.1 Å². The van der Waals surface area contributed by atoms with Gasteiger partial charge in [-0.25, -0.2) is 9.50 Å². The van der Waals surface area contributed by atoms with Crippen LogP contribution in [0.4, 0.5) is 0 Å². The number of thiol groups is 1. The van der Waals surface area contributed by atoms with Crippen molar-refractivity contribution < 1.29 is 13.5 Å². The molecule has 0 spiro atoms.